The molecule has 3 aromatic rings. The highest BCUT2D eigenvalue weighted by atomic mass is 16.5. The summed E-state index contributed by atoms with van der Waals surface area (Å²) in [6, 6.07) is 13.1. The van der Waals surface area contributed by atoms with Crippen molar-refractivity contribution in [1.82, 2.24) is 9.55 Å². The summed E-state index contributed by atoms with van der Waals surface area (Å²) < 4.78 is 12.9. The summed E-state index contributed by atoms with van der Waals surface area (Å²) in [6.45, 7) is 3.55. The van der Waals surface area contributed by atoms with Gasteiger partial charge in [0.05, 0.1) is 31.3 Å². The number of nitrogens with one attached hydrogen (secondary N) is 1. The van der Waals surface area contributed by atoms with Gasteiger partial charge >= 0.3 is 0 Å². The molecule has 0 aliphatic carbocycles. The van der Waals surface area contributed by atoms with Gasteiger partial charge in [0, 0.05) is 22.9 Å². The van der Waals surface area contributed by atoms with Gasteiger partial charge in [-0.3, -0.25) is 9.36 Å². The summed E-state index contributed by atoms with van der Waals surface area (Å²) in [5.74, 6) is 2.07. The number of methoxy groups -OCH3 is 2. The van der Waals surface area contributed by atoms with E-state index >= 15 is 0 Å². The zero-order valence-corrected chi connectivity index (χ0v) is 15.7. The van der Waals surface area contributed by atoms with Crippen LogP contribution in [0.25, 0.3) is 16.7 Å². The van der Waals surface area contributed by atoms with Gasteiger partial charge in [0.1, 0.15) is 11.5 Å². The third-order valence-corrected chi connectivity index (χ3v) is 4.98. The Labute approximate surface area is 157 Å². The van der Waals surface area contributed by atoms with Crippen LogP contribution in [-0.4, -0.2) is 29.6 Å². The van der Waals surface area contributed by atoms with Crippen LogP contribution in [0.4, 0.5) is 5.95 Å². The predicted molar refractivity (Wildman–Crippen MR) is 105 cm³/mol. The van der Waals surface area contributed by atoms with Crippen LogP contribution in [0.15, 0.2) is 48.0 Å². The Morgan fingerprint density at radius 2 is 1.93 bits per heavy atom. The molecule has 27 heavy (non-hydrogen) atoms. The van der Waals surface area contributed by atoms with Gasteiger partial charge in [-0.1, -0.05) is 12.1 Å². The molecule has 0 amide bonds. The van der Waals surface area contributed by atoms with Crippen LogP contribution < -0.4 is 14.8 Å². The maximum atomic E-state index is 12.6. The van der Waals surface area contributed by atoms with Gasteiger partial charge < -0.3 is 14.8 Å². The van der Waals surface area contributed by atoms with Gasteiger partial charge in [0.15, 0.2) is 5.78 Å². The zero-order chi connectivity index (χ0) is 19.1. The molecule has 2 aromatic carbocycles. The van der Waals surface area contributed by atoms with Crippen LogP contribution in [0, 0.1) is 0 Å². The summed E-state index contributed by atoms with van der Waals surface area (Å²) in [7, 11) is 3.22. The number of hydrogen-bond donors (Lipinski definition) is 1. The molecule has 6 nitrogen and oxygen atoms in total. The van der Waals surface area contributed by atoms with E-state index in [0.717, 1.165) is 22.3 Å². The van der Waals surface area contributed by atoms with Gasteiger partial charge in [-0.2, -0.15) is 0 Å². The van der Waals surface area contributed by atoms with Crippen molar-refractivity contribution in [3.63, 3.8) is 0 Å². The molecule has 1 atom stereocenters. The van der Waals surface area contributed by atoms with Crippen molar-refractivity contribution in [3.05, 3.63) is 53.6 Å². The Bertz CT molecular complexity index is 1080. The molecule has 1 aliphatic rings. The van der Waals surface area contributed by atoms with Crippen molar-refractivity contribution in [2.45, 2.75) is 19.9 Å². The number of hydrogen-bond acceptors (Lipinski definition) is 5. The number of carbonyl (C=O) groups excluding carboxylic acids is 1. The molecule has 1 unspecified atom stereocenters. The number of para-hydroxylation sites is 2. The van der Waals surface area contributed by atoms with Crippen LogP contribution in [0.2, 0.25) is 0 Å². The van der Waals surface area contributed by atoms with E-state index < -0.39 is 0 Å². The van der Waals surface area contributed by atoms with Crippen molar-refractivity contribution in [2.24, 2.45) is 0 Å². The van der Waals surface area contributed by atoms with E-state index in [1.807, 2.05) is 54.0 Å². The van der Waals surface area contributed by atoms with Gasteiger partial charge in [0.2, 0.25) is 5.95 Å². The fraction of sp³-hybridized carbons (Fsp3) is 0.238. The average Bonchev–Trinajstić information content (AvgIpc) is 3.05. The largest absolute Gasteiger partial charge is 0.497 e. The van der Waals surface area contributed by atoms with Crippen LogP contribution in [-0.2, 0) is 4.79 Å². The normalized spacial score (nSPS) is 16.1. The Hall–Kier alpha value is -3.28. The maximum absolute atomic E-state index is 12.6. The standard InChI is InChI=1S/C21H21N3O3/c1-12-19(13(2)25)20(15-10-9-14(26-3)11-18(15)27-4)23-21-22-16-7-5-6-8-17(16)24(12)21/h5-11,20H,1-4H3,(H,22,23). The summed E-state index contributed by atoms with van der Waals surface area (Å²) in [5.41, 5.74) is 4.27. The van der Waals surface area contributed by atoms with Crippen molar-refractivity contribution in [3.8, 4) is 11.5 Å². The summed E-state index contributed by atoms with van der Waals surface area (Å²) in [6.07, 6.45) is 0. The van der Waals surface area contributed by atoms with Crippen LogP contribution in [0.1, 0.15) is 25.5 Å². The minimum Gasteiger partial charge on any atom is -0.497 e. The first kappa shape index (κ1) is 17.1. The van der Waals surface area contributed by atoms with E-state index in [9.17, 15) is 4.79 Å². The lowest BCUT2D eigenvalue weighted by Gasteiger charge is -2.30. The molecule has 4 rings (SSSR count). The van der Waals surface area contributed by atoms with Crippen LogP contribution in [0.5, 0.6) is 11.5 Å². The van der Waals surface area contributed by atoms with Crippen molar-refractivity contribution in [2.75, 3.05) is 19.5 Å². The molecule has 1 aromatic heterocycles. The average molecular weight is 363 g/mol. The molecule has 0 saturated carbocycles. The second kappa shape index (κ2) is 6.46. The van der Waals surface area contributed by atoms with Crippen molar-refractivity contribution < 1.29 is 14.3 Å². The number of Topliss-reactive ketones (excluding diaryl/α,β-unsaturated/α-hetero) is 1. The lowest BCUT2D eigenvalue weighted by atomic mass is 9.92. The fourth-order valence-corrected chi connectivity index (χ4v) is 3.74. The number of benzene rings is 2. The number of ether oxygens (including phenoxy) is 2. The monoisotopic (exact) mass is 363 g/mol. The number of fused-ring (bicyclic) bond motifs is 3. The molecule has 1 aliphatic heterocycles. The highest BCUT2D eigenvalue weighted by Crippen LogP contribution is 2.42. The van der Waals surface area contributed by atoms with E-state index in [1.54, 1.807) is 21.1 Å². The number of nitrogens with zero attached hydrogens (tertiary/aromatic N) is 2. The number of carbonyl (C=O) groups is 1. The minimum atomic E-state index is -0.354. The summed E-state index contributed by atoms with van der Waals surface area (Å²) >= 11 is 0. The topological polar surface area (TPSA) is 65.4 Å². The SMILES string of the molecule is COc1ccc(C2Nc3nc4ccccc4n3C(C)=C2C(C)=O)c(OC)c1. The molecule has 6 heteroatoms. The molecule has 1 N–H and O–H groups in total. The van der Waals surface area contributed by atoms with E-state index in [0.29, 0.717) is 23.0 Å². The molecule has 0 spiro atoms. The number of ketones is 1. The minimum absolute atomic E-state index is 0.00584. The molecule has 0 radical (unpaired) electrons. The van der Waals surface area contributed by atoms with E-state index in [1.165, 1.54) is 0 Å². The molecule has 2 heterocycles. The Morgan fingerprint density at radius 3 is 2.63 bits per heavy atom. The third kappa shape index (κ3) is 2.65. The van der Waals surface area contributed by atoms with Crippen LogP contribution >= 0.6 is 0 Å². The van der Waals surface area contributed by atoms with Crippen LogP contribution in [0.3, 0.4) is 0 Å². The second-order valence-electron chi connectivity index (χ2n) is 6.50. The molecule has 0 saturated heterocycles. The van der Waals surface area contributed by atoms with Gasteiger partial charge in [-0.05, 0) is 38.1 Å². The number of aromatic nitrogens is 2. The number of allylic oxidation sites excluding steroid dienone is 1. The smallest absolute Gasteiger partial charge is 0.209 e. The highest BCUT2D eigenvalue weighted by Gasteiger charge is 2.32. The molecular formula is C21H21N3O3. The Kier molecular flexibility index (Phi) is 4.11. The van der Waals surface area contributed by atoms with Gasteiger partial charge in [-0.15, -0.1) is 0 Å². The predicted octanol–water partition coefficient (Wildman–Crippen LogP) is 4.04. The molecule has 138 valence electrons. The first-order valence-corrected chi connectivity index (χ1v) is 8.73. The number of rotatable bonds is 4. The van der Waals surface area contributed by atoms with Gasteiger partial charge in [-0.25, -0.2) is 4.98 Å². The Balaban J connectivity index is 1.94. The summed E-state index contributed by atoms with van der Waals surface area (Å²) in [5, 5.41) is 3.43. The number of anilines is 1. The molecular weight excluding hydrogens is 342 g/mol. The number of imidazole rings is 1. The first-order chi connectivity index (χ1) is 13.0. The zero-order valence-electron chi connectivity index (χ0n) is 15.7. The van der Waals surface area contributed by atoms with Crippen molar-refractivity contribution >= 4 is 28.5 Å². The summed E-state index contributed by atoms with van der Waals surface area (Å²) in [4.78, 5) is 17.3. The molecule has 0 fully saturated rings. The lowest BCUT2D eigenvalue weighted by molar-refractivity contribution is -0.113. The van der Waals surface area contributed by atoms with E-state index in [2.05, 4.69) is 5.32 Å². The van der Waals surface area contributed by atoms with Crippen molar-refractivity contribution in [1.29, 1.82) is 0 Å². The maximum Gasteiger partial charge on any atom is 0.209 e. The first-order valence-electron chi connectivity index (χ1n) is 8.73. The second-order valence-corrected chi connectivity index (χ2v) is 6.50. The fourth-order valence-electron chi connectivity index (χ4n) is 3.74. The van der Waals surface area contributed by atoms with Gasteiger partial charge in [0.25, 0.3) is 0 Å². The third-order valence-electron chi connectivity index (χ3n) is 4.98. The highest BCUT2D eigenvalue weighted by molar-refractivity contribution is 6.03. The van der Waals surface area contributed by atoms with E-state index in [-0.39, 0.29) is 11.8 Å². The van der Waals surface area contributed by atoms with E-state index in [4.69, 9.17) is 14.5 Å². The molecule has 0 bridgehead atoms. The Morgan fingerprint density at radius 1 is 1.15 bits per heavy atom. The quantitative estimate of drug-likeness (QED) is 0.758. The lowest BCUT2D eigenvalue weighted by Crippen LogP contribution is -2.26.